The maximum absolute atomic E-state index is 10.5. The summed E-state index contributed by atoms with van der Waals surface area (Å²) in [5, 5.41) is 8.63. The Morgan fingerprint density at radius 2 is 2.05 bits per heavy atom. The Labute approximate surface area is 125 Å². The van der Waals surface area contributed by atoms with Crippen molar-refractivity contribution in [2.75, 3.05) is 13.1 Å². The Hall–Kier alpha value is -1.13. The van der Waals surface area contributed by atoms with E-state index >= 15 is 0 Å². The van der Waals surface area contributed by atoms with Gasteiger partial charge in [-0.15, -0.1) is 11.3 Å². The lowest BCUT2D eigenvalue weighted by Gasteiger charge is -2.24. The van der Waals surface area contributed by atoms with Gasteiger partial charge in [-0.3, -0.25) is 4.90 Å². The van der Waals surface area contributed by atoms with Gasteiger partial charge in [-0.1, -0.05) is 33.6 Å². The highest BCUT2D eigenvalue weighted by atomic mass is 32.1. The number of nitrogens with zero attached hydrogens (tertiary/aromatic N) is 1. The summed E-state index contributed by atoms with van der Waals surface area (Å²) >= 11 is 1.67. The molecule has 0 aliphatic carbocycles. The van der Waals surface area contributed by atoms with Gasteiger partial charge in [0.1, 0.15) is 0 Å². The molecule has 1 rings (SSSR count). The maximum atomic E-state index is 10.5. The second-order valence-corrected chi connectivity index (χ2v) is 6.19. The molecule has 1 N–H and O–H groups in total. The molecule has 0 fully saturated rings. The fourth-order valence-electron chi connectivity index (χ4n) is 2.16. The molecule has 1 heterocycles. The highest BCUT2D eigenvalue weighted by Gasteiger charge is 2.11. The Morgan fingerprint density at radius 1 is 1.35 bits per heavy atom. The van der Waals surface area contributed by atoms with Crippen LogP contribution in [0.2, 0.25) is 0 Å². The van der Waals surface area contributed by atoms with Crippen molar-refractivity contribution in [3.63, 3.8) is 0 Å². The van der Waals surface area contributed by atoms with Crippen LogP contribution in [-0.2, 0) is 11.3 Å². The third-order valence-corrected chi connectivity index (χ3v) is 4.61. The third kappa shape index (κ3) is 5.88. The van der Waals surface area contributed by atoms with Crippen LogP contribution in [0.1, 0.15) is 43.4 Å². The summed E-state index contributed by atoms with van der Waals surface area (Å²) in [4.78, 5) is 15.3. The summed E-state index contributed by atoms with van der Waals surface area (Å²) in [6, 6.07) is 4.09. The highest BCUT2D eigenvalue weighted by Crippen LogP contribution is 2.21. The second-order valence-electron chi connectivity index (χ2n) is 4.99. The van der Waals surface area contributed by atoms with Gasteiger partial charge in [0.2, 0.25) is 0 Å². The van der Waals surface area contributed by atoms with Crippen LogP contribution in [0.5, 0.6) is 0 Å². The zero-order valence-electron chi connectivity index (χ0n) is 12.6. The Morgan fingerprint density at radius 3 is 2.60 bits per heavy atom. The molecule has 0 aliphatic heterocycles. The summed E-state index contributed by atoms with van der Waals surface area (Å²) in [5.41, 5.74) is 0. The van der Waals surface area contributed by atoms with Crippen LogP contribution in [0.4, 0.5) is 0 Å². The minimum Gasteiger partial charge on any atom is -0.478 e. The van der Waals surface area contributed by atoms with E-state index in [1.807, 2.05) is 6.07 Å². The molecule has 20 heavy (non-hydrogen) atoms. The third-order valence-electron chi connectivity index (χ3n) is 3.57. The predicted molar refractivity (Wildman–Crippen MR) is 86.0 cm³/mol. The van der Waals surface area contributed by atoms with Crippen molar-refractivity contribution < 1.29 is 9.90 Å². The highest BCUT2D eigenvalue weighted by molar-refractivity contribution is 7.12. The first-order valence-corrected chi connectivity index (χ1v) is 8.12. The summed E-state index contributed by atoms with van der Waals surface area (Å²) in [6.45, 7) is 9.85. The number of carbonyl (C=O) groups is 1. The molecule has 0 aromatic carbocycles. The average molecular weight is 295 g/mol. The fourth-order valence-corrected chi connectivity index (χ4v) is 3.12. The molecule has 1 aromatic rings. The number of thiophene rings is 1. The standard InChI is InChI=1S/C16H25NO2S/c1-4-13(5-2)11-17(6-3)12-15-8-7-14(20-15)9-10-16(18)19/h7-10,13H,4-6,11-12H2,1-3H3,(H,18,19). The zero-order valence-corrected chi connectivity index (χ0v) is 13.4. The molecule has 0 saturated carbocycles. The van der Waals surface area contributed by atoms with Gasteiger partial charge < -0.3 is 5.11 Å². The largest absolute Gasteiger partial charge is 0.478 e. The first kappa shape index (κ1) is 16.9. The average Bonchev–Trinajstić information content (AvgIpc) is 2.88. The van der Waals surface area contributed by atoms with Crippen molar-refractivity contribution in [2.24, 2.45) is 5.92 Å². The molecular formula is C16H25NO2S. The van der Waals surface area contributed by atoms with E-state index in [2.05, 4.69) is 31.7 Å². The molecule has 0 saturated heterocycles. The number of carboxylic acids is 1. The number of carboxylic acid groups (broad SMARTS) is 1. The summed E-state index contributed by atoms with van der Waals surface area (Å²) in [5.74, 6) is -0.134. The van der Waals surface area contributed by atoms with Gasteiger partial charge in [0.25, 0.3) is 0 Å². The van der Waals surface area contributed by atoms with E-state index in [9.17, 15) is 4.79 Å². The number of hydrogen-bond donors (Lipinski definition) is 1. The van der Waals surface area contributed by atoms with Gasteiger partial charge >= 0.3 is 5.97 Å². The first-order chi connectivity index (χ1) is 9.58. The normalized spacial score (nSPS) is 11.8. The molecule has 0 amide bonds. The van der Waals surface area contributed by atoms with Crippen molar-refractivity contribution in [1.29, 1.82) is 0 Å². The minimum absolute atomic E-state index is 0.765. The van der Waals surface area contributed by atoms with Gasteiger partial charge in [0.05, 0.1) is 0 Å². The molecule has 3 nitrogen and oxygen atoms in total. The predicted octanol–water partition coefficient (Wildman–Crippen LogP) is 4.10. The number of rotatable bonds is 9. The molecule has 112 valence electrons. The van der Waals surface area contributed by atoms with E-state index in [4.69, 9.17) is 5.11 Å². The molecule has 0 bridgehead atoms. The van der Waals surface area contributed by atoms with Crippen molar-refractivity contribution in [3.8, 4) is 0 Å². The van der Waals surface area contributed by atoms with Gasteiger partial charge in [0, 0.05) is 28.9 Å². The van der Waals surface area contributed by atoms with Crippen LogP contribution < -0.4 is 0 Å². The van der Waals surface area contributed by atoms with Crippen LogP contribution >= 0.6 is 11.3 Å². The van der Waals surface area contributed by atoms with Gasteiger partial charge in [-0.05, 0) is 30.7 Å². The van der Waals surface area contributed by atoms with E-state index in [-0.39, 0.29) is 0 Å². The smallest absolute Gasteiger partial charge is 0.328 e. The van der Waals surface area contributed by atoms with Crippen molar-refractivity contribution in [3.05, 3.63) is 28.0 Å². The molecule has 0 spiro atoms. The zero-order chi connectivity index (χ0) is 15.0. The molecular weight excluding hydrogens is 270 g/mol. The van der Waals surface area contributed by atoms with E-state index in [1.165, 1.54) is 23.8 Å². The lowest BCUT2D eigenvalue weighted by Crippen LogP contribution is -2.28. The topological polar surface area (TPSA) is 40.5 Å². The first-order valence-electron chi connectivity index (χ1n) is 7.31. The van der Waals surface area contributed by atoms with Crippen LogP contribution in [-0.4, -0.2) is 29.1 Å². The Kier molecular flexibility index (Phi) is 7.55. The molecule has 0 atom stereocenters. The van der Waals surface area contributed by atoms with E-state index in [1.54, 1.807) is 17.4 Å². The molecule has 0 radical (unpaired) electrons. The lowest BCUT2D eigenvalue weighted by atomic mass is 10.0. The Bertz CT molecular complexity index is 435. The van der Waals surface area contributed by atoms with E-state index in [0.29, 0.717) is 0 Å². The monoisotopic (exact) mass is 295 g/mol. The van der Waals surface area contributed by atoms with Gasteiger partial charge in [0.15, 0.2) is 0 Å². The van der Waals surface area contributed by atoms with Crippen molar-refractivity contribution >= 4 is 23.4 Å². The van der Waals surface area contributed by atoms with Crippen LogP contribution in [0.15, 0.2) is 18.2 Å². The van der Waals surface area contributed by atoms with E-state index < -0.39 is 5.97 Å². The summed E-state index contributed by atoms with van der Waals surface area (Å²) in [6.07, 6.45) is 5.30. The number of hydrogen-bond acceptors (Lipinski definition) is 3. The van der Waals surface area contributed by atoms with Gasteiger partial charge in [-0.25, -0.2) is 4.79 Å². The molecule has 0 unspecified atom stereocenters. The minimum atomic E-state index is -0.899. The SMILES string of the molecule is CCC(CC)CN(CC)Cc1ccc(C=CC(=O)O)s1. The van der Waals surface area contributed by atoms with Crippen LogP contribution in [0, 0.1) is 5.92 Å². The quantitative estimate of drug-likeness (QED) is 0.697. The Balaban J connectivity index is 2.59. The molecule has 4 heteroatoms. The lowest BCUT2D eigenvalue weighted by molar-refractivity contribution is -0.131. The van der Waals surface area contributed by atoms with Crippen LogP contribution in [0.25, 0.3) is 6.08 Å². The van der Waals surface area contributed by atoms with E-state index in [0.717, 1.165) is 30.4 Å². The fraction of sp³-hybridized carbons (Fsp3) is 0.562. The van der Waals surface area contributed by atoms with Crippen LogP contribution in [0.3, 0.4) is 0 Å². The second kappa shape index (κ2) is 8.93. The summed E-state index contributed by atoms with van der Waals surface area (Å²) < 4.78 is 0. The van der Waals surface area contributed by atoms with Crippen molar-refractivity contribution in [2.45, 2.75) is 40.2 Å². The molecule has 1 aromatic heterocycles. The van der Waals surface area contributed by atoms with Crippen molar-refractivity contribution in [1.82, 2.24) is 4.90 Å². The molecule has 0 aliphatic rings. The maximum Gasteiger partial charge on any atom is 0.328 e. The summed E-state index contributed by atoms with van der Waals surface area (Å²) in [7, 11) is 0. The van der Waals surface area contributed by atoms with Gasteiger partial charge in [-0.2, -0.15) is 0 Å². The number of aliphatic carboxylic acids is 1.